The van der Waals surface area contributed by atoms with Gasteiger partial charge in [-0.2, -0.15) is 14.8 Å². The Kier molecular flexibility index (Phi) is 5.30. The molecule has 4 N–H and O–H groups in total. The van der Waals surface area contributed by atoms with Crippen LogP contribution in [0.15, 0.2) is 64.7 Å². The van der Waals surface area contributed by atoms with Crippen molar-refractivity contribution in [1.82, 2.24) is 34.7 Å². The second kappa shape index (κ2) is 8.21. The summed E-state index contributed by atoms with van der Waals surface area (Å²) in [6, 6.07) is 3.33. The number of esters is 1. The van der Waals surface area contributed by atoms with E-state index in [-0.39, 0.29) is 34.8 Å². The van der Waals surface area contributed by atoms with Crippen LogP contribution in [0.3, 0.4) is 0 Å². The van der Waals surface area contributed by atoms with E-state index in [2.05, 4.69) is 35.3 Å². The molecule has 0 fully saturated rings. The van der Waals surface area contributed by atoms with Crippen molar-refractivity contribution in [2.24, 2.45) is 16.0 Å². The first-order valence-corrected chi connectivity index (χ1v) is 8.93. The fourth-order valence-electron chi connectivity index (χ4n) is 2.85. The Hall–Kier alpha value is -4.30. The van der Waals surface area contributed by atoms with Crippen molar-refractivity contribution in [3.8, 4) is 5.95 Å². The zero-order valence-corrected chi connectivity index (χ0v) is 16.6. The largest absolute Gasteiger partial charge is 0.465 e. The minimum Gasteiger partial charge on any atom is -0.465 e. The summed E-state index contributed by atoms with van der Waals surface area (Å²) in [5, 5.41) is 15.5. The summed E-state index contributed by atoms with van der Waals surface area (Å²) < 4.78 is 6.19. The van der Waals surface area contributed by atoms with Crippen LogP contribution in [0, 0.1) is 0 Å². The van der Waals surface area contributed by atoms with Crippen molar-refractivity contribution in [3.63, 3.8) is 0 Å². The van der Waals surface area contributed by atoms with Gasteiger partial charge in [-0.25, -0.2) is 29.7 Å². The van der Waals surface area contributed by atoms with E-state index in [0.29, 0.717) is 0 Å². The van der Waals surface area contributed by atoms with Gasteiger partial charge >= 0.3 is 5.97 Å². The minimum atomic E-state index is -0.858. The molecule has 1 aliphatic heterocycles. The van der Waals surface area contributed by atoms with Crippen LogP contribution < -0.4 is 16.5 Å². The lowest BCUT2D eigenvalue weighted by Crippen LogP contribution is -2.45. The molecular weight excluding hydrogens is 404 g/mol. The minimum absolute atomic E-state index is 0.0820. The number of carbonyl (C=O) groups is 1. The molecule has 0 radical (unpaired) electrons. The molecule has 0 aromatic carbocycles. The summed E-state index contributed by atoms with van der Waals surface area (Å²) in [6.07, 6.45) is 6.76. The molecular formula is C17H18N12O2. The standard InChI is InChI=1S/C17H18N12O2/c1-27-13(19)11(15(30)31-2)14(29(27)17-22-7-4-8-23-17)26-25-10-9-24-28(12(10)18)16-20-5-3-6-21-16/h3-9,13H,18-19H2,1-2H3. The number of ether oxygens (including phenoxy) is 1. The number of azo groups is 1. The lowest BCUT2D eigenvalue weighted by atomic mass is 10.2. The number of nitrogens with two attached hydrogens (primary N) is 2. The molecule has 31 heavy (non-hydrogen) atoms. The van der Waals surface area contributed by atoms with E-state index >= 15 is 0 Å². The number of aromatic nitrogens is 6. The molecule has 4 rings (SSSR count). The third-order valence-corrected chi connectivity index (χ3v) is 4.38. The maximum Gasteiger partial charge on any atom is 0.340 e. The average molecular weight is 422 g/mol. The van der Waals surface area contributed by atoms with E-state index < -0.39 is 12.1 Å². The van der Waals surface area contributed by atoms with Gasteiger partial charge in [0.1, 0.15) is 17.4 Å². The van der Waals surface area contributed by atoms with Crippen molar-refractivity contribution < 1.29 is 9.53 Å². The van der Waals surface area contributed by atoms with Crippen LogP contribution >= 0.6 is 0 Å². The molecule has 0 aliphatic carbocycles. The van der Waals surface area contributed by atoms with Gasteiger partial charge in [0, 0.05) is 31.8 Å². The molecule has 0 bridgehead atoms. The van der Waals surface area contributed by atoms with E-state index in [0.717, 1.165) is 0 Å². The van der Waals surface area contributed by atoms with Gasteiger partial charge in [-0.3, -0.25) is 0 Å². The molecule has 0 saturated carbocycles. The number of nitrogen functional groups attached to an aromatic ring is 1. The summed E-state index contributed by atoms with van der Waals surface area (Å²) in [5.74, 6) is 0.116. The number of hydrazine groups is 1. The van der Waals surface area contributed by atoms with Crippen LogP contribution in [0.1, 0.15) is 0 Å². The van der Waals surface area contributed by atoms with Crippen molar-refractivity contribution in [2.75, 3.05) is 24.9 Å². The molecule has 3 aromatic heterocycles. The number of likely N-dealkylation sites (N-methyl/N-ethyl adjacent to an activating group) is 1. The first-order chi connectivity index (χ1) is 15.0. The van der Waals surface area contributed by atoms with Crippen molar-refractivity contribution >= 4 is 23.4 Å². The van der Waals surface area contributed by atoms with E-state index in [1.807, 2.05) is 0 Å². The van der Waals surface area contributed by atoms with Crippen molar-refractivity contribution in [1.29, 1.82) is 0 Å². The molecule has 0 amide bonds. The SMILES string of the molecule is COC(=O)C1=C(N=Nc2cnn(-c3ncccn3)c2N)N(c2ncccn2)N(C)C1N. The zero-order chi connectivity index (χ0) is 22.0. The van der Waals surface area contributed by atoms with Gasteiger partial charge in [0.05, 0.1) is 13.3 Å². The quantitative estimate of drug-likeness (QED) is 0.422. The number of hydrogen-bond acceptors (Lipinski definition) is 13. The van der Waals surface area contributed by atoms with Crippen molar-refractivity contribution in [3.05, 3.63) is 54.5 Å². The number of rotatable bonds is 5. The summed E-state index contributed by atoms with van der Waals surface area (Å²) in [6.45, 7) is 0. The van der Waals surface area contributed by atoms with Gasteiger partial charge < -0.3 is 16.2 Å². The number of anilines is 2. The highest BCUT2D eigenvalue weighted by Crippen LogP contribution is 2.32. The number of methoxy groups -OCH3 is 1. The lowest BCUT2D eigenvalue weighted by Gasteiger charge is -2.26. The first kappa shape index (κ1) is 20.0. The highest BCUT2D eigenvalue weighted by atomic mass is 16.5. The molecule has 158 valence electrons. The smallest absolute Gasteiger partial charge is 0.340 e. The van der Waals surface area contributed by atoms with Crippen LogP contribution in [0.5, 0.6) is 0 Å². The lowest BCUT2D eigenvalue weighted by molar-refractivity contribution is -0.136. The Morgan fingerprint density at radius 3 is 2.29 bits per heavy atom. The summed E-state index contributed by atoms with van der Waals surface area (Å²) >= 11 is 0. The van der Waals surface area contributed by atoms with Crippen LogP contribution in [0.4, 0.5) is 17.5 Å². The van der Waals surface area contributed by atoms with E-state index in [1.165, 1.54) is 23.0 Å². The summed E-state index contributed by atoms with van der Waals surface area (Å²) in [5.41, 5.74) is 12.7. The molecule has 3 aromatic rings. The summed E-state index contributed by atoms with van der Waals surface area (Å²) in [7, 11) is 2.91. The fourth-order valence-corrected chi connectivity index (χ4v) is 2.85. The van der Waals surface area contributed by atoms with Crippen LogP contribution in [0.25, 0.3) is 5.95 Å². The number of carbonyl (C=O) groups excluding carboxylic acids is 1. The van der Waals surface area contributed by atoms with Gasteiger partial charge in [0.25, 0.3) is 5.95 Å². The zero-order valence-electron chi connectivity index (χ0n) is 16.6. The Balaban J connectivity index is 1.76. The molecule has 0 saturated heterocycles. The van der Waals surface area contributed by atoms with Gasteiger partial charge in [-0.15, -0.1) is 10.2 Å². The third-order valence-electron chi connectivity index (χ3n) is 4.38. The maximum atomic E-state index is 12.4. The Bertz CT molecular complexity index is 1140. The topological polar surface area (TPSA) is 179 Å². The first-order valence-electron chi connectivity index (χ1n) is 8.93. The Morgan fingerprint density at radius 1 is 1.06 bits per heavy atom. The average Bonchev–Trinajstić information content (AvgIpc) is 3.29. The molecule has 4 heterocycles. The molecule has 14 heteroatoms. The molecule has 1 aliphatic rings. The van der Waals surface area contributed by atoms with E-state index in [9.17, 15) is 4.79 Å². The predicted molar refractivity (Wildman–Crippen MR) is 107 cm³/mol. The van der Waals surface area contributed by atoms with E-state index in [1.54, 1.807) is 49.0 Å². The van der Waals surface area contributed by atoms with Gasteiger partial charge in [-0.05, 0) is 12.1 Å². The fraction of sp³-hybridized carbons (Fsp3) is 0.176. The highest BCUT2D eigenvalue weighted by molar-refractivity contribution is 5.92. The summed E-state index contributed by atoms with van der Waals surface area (Å²) in [4.78, 5) is 29.0. The second-order valence-corrected chi connectivity index (χ2v) is 6.18. The normalized spacial score (nSPS) is 17.0. The number of nitrogens with zero attached hydrogens (tertiary/aromatic N) is 10. The van der Waals surface area contributed by atoms with Crippen LogP contribution in [-0.2, 0) is 9.53 Å². The predicted octanol–water partition coefficient (Wildman–Crippen LogP) is 0.155. The maximum absolute atomic E-state index is 12.4. The molecule has 1 unspecified atom stereocenters. The highest BCUT2D eigenvalue weighted by Gasteiger charge is 2.41. The van der Waals surface area contributed by atoms with Gasteiger partial charge in [-0.1, -0.05) is 0 Å². The number of hydrogen-bond donors (Lipinski definition) is 2. The Morgan fingerprint density at radius 2 is 1.68 bits per heavy atom. The second-order valence-electron chi connectivity index (χ2n) is 6.18. The van der Waals surface area contributed by atoms with E-state index in [4.69, 9.17) is 16.2 Å². The van der Waals surface area contributed by atoms with Crippen molar-refractivity contribution in [2.45, 2.75) is 6.17 Å². The third kappa shape index (κ3) is 3.56. The van der Waals surface area contributed by atoms with Gasteiger partial charge in [0.15, 0.2) is 11.6 Å². The monoisotopic (exact) mass is 422 g/mol. The molecule has 1 atom stereocenters. The van der Waals surface area contributed by atoms with Gasteiger partial charge in [0.2, 0.25) is 5.95 Å². The van der Waals surface area contributed by atoms with Crippen LogP contribution in [-0.4, -0.2) is 61.0 Å². The molecule has 0 spiro atoms. The molecule has 14 nitrogen and oxygen atoms in total. The van der Waals surface area contributed by atoms with Crippen LogP contribution in [0.2, 0.25) is 0 Å². The Labute approximate surface area is 175 Å².